The van der Waals surface area contributed by atoms with Gasteiger partial charge in [-0.2, -0.15) is 5.10 Å². The smallest absolute Gasteiger partial charge is 0.431 e. The van der Waals surface area contributed by atoms with Crippen LogP contribution in [0.5, 0.6) is 5.75 Å². The lowest BCUT2D eigenvalue weighted by Gasteiger charge is -2.08. The second kappa shape index (κ2) is 9.33. The van der Waals surface area contributed by atoms with E-state index in [0.29, 0.717) is 27.8 Å². The van der Waals surface area contributed by atoms with Crippen LogP contribution in [-0.4, -0.2) is 27.0 Å². The highest BCUT2D eigenvalue weighted by Crippen LogP contribution is 2.30. The number of halogens is 5. The van der Waals surface area contributed by atoms with E-state index in [9.17, 15) is 26.7 Å². The third kappa shape index (κ3) is 5.65. The topological polar surface area (TPSA) is 82.2 Å². The summed E-state index contributed by atoms with van der Waals surface area (Å²) in [4.78, 5) is 16.8. The van der Waals surface area contributed by atoms with E-state index < -0.39 is 24.4 Å². The van der Waals surface area contributed by atoms with Gasteiger partial charge in [-0.25, -0.2) is 13.8 Å². The molecule has 0 atom stereocenters. The molecule has 0 aliphatic rings. The lowest BCUT2D eigenvalue weighted by atomic mass is 10.2. The van der Waals surface area contributed by atoms with E-state index in [4.69, 9.17) is 4.42 Å². The van der Waals surface area contributed by atoms with Gasteiger partial charge in [0, 0.05) is 24.7 Å². The number of carbonyl (C=O) groups excluding carboxylic acids is 1. The van der Waals surface area contributed by atoms with Crippen LogP contribution in [0.25, 0.3) is 11.1 Å². The van der Waals surface area contributed by atoms with Crippen molar-refractivity contribution in [1.29, 1.82) is 0 Å². The minimum Gasteiger partial charge on any atom is -0.431 e. The molecule has 0 saturated carbocycles. The van der Waals surface area contributed by atoms with Crippen molar-refractivity contribution in [3.63, 3.8) is 0 Å². The average molecular weight is 498 g/mol. The predicted octanol–water partition coefficient (Wildman–Crippen LogP) is 5.94. The SMILES string of the molecule is Cn1cc(C(=O)Nc2ccc3oc(SCc4ccc(OC(F)(F)F)cc4)nc3c2)c(C(F)F)n1. The van der Waals surface area contributed by atoms with Crippen LogP contribution in [0, 0.1) is 0 Å². The van der Waals surface area contributed by atoms with E-state index in [1.54, 1.807) is 6.07 Å². The Balaban J connectivity index is 1.42. The number of aryl methyl sites for hydroxylation is 1. The van der Waals surface area contributed by atoms with Gasteiger partial charge in [0.1, 0.15) is 17.0 Å². The number of alkyl halides is 5. The first-order valence-electron chi connectivity index (χ1n) is 9.58. The third-order valence-corrected chi connectivity index (χ3v) is 5.35. The van der Waals surface area contributed by atoms with Crippen LogP contribution in [-0.2, 0) is 12.8 Å². The minimum atomic E-state index is -4.75. The molecule has 0 saturated heterocycles. The predicted molar refractivity (Wildman–Crippen MR) is 113 cm³/mol. The van der Waals surface area contributed by atoms with Crippen molar-refractivity contribution >= 4 is 34.5 Å². The quantitative estimate of drug-likeness (QED) is 0.251. The molecular weight excluding hydrogens is 483 g/mol. The van der Waals surface area contributed by atoms with Gasteiger partial charge in [-0.15, -0.1) is 13.2 Å². The van der Waals surface area contributed by atoms with Crippen LogP contribution in [0.4, 0.5) is 27.6 Å². The fourth-order valence-corrected chi connectivity index (χ4v) is 3.81. The summed E-state index contributed by atoms with van der Waals surface area (Å²) in [5, 5.41) is 6.46. The second-order valence-corrected chi connectivity index (χ2v) is 7.93. The molecular formula is C21H15F5N4O3S. The van der Waals surface area contributed by atoms with Crippen LogP contribution in [0.3, 0.4) is 0 Å². The highest BCUT2D eigenvalue weighted by Gasteiger charge is 2.31. The second-order valence-electron chi connectivity index (χ2n) is 7.00. The number of anilines is 1. The molecule has 178 valence electrons. The molecule has 0 fully saturated rings. The zero-order valence-corrected chi connectivity index (χ0v) is 18.1. The Morgan fingerprint density at radius 2 is 1.94 bits per heavy atom. The molecule has 0 unspecified atom stereocenters. The van der Waals surface area contributed by atoms with Gasteiger partial charge in [-0.1, -0.05) is 23.9 Å². The number of oxazole rings is 1. The number of carbonyl (C=O) groups is 1. The Bertz CT molecular complexity index is 1320. The normalized spacial score (nSPS) is 11.9. The zero-order valence-electron chi connectivity index (χ0n) is 17.3. The molecule has 2 heterocycles. The number of thioether (sulfide) groups is 1. The van der Waals surface area contributed by atoms with Crippen molar-refractivity contribution in [3.05, 3.63) is 65.5 Å². The standard InChI is InChI=1S/C21H15F5N4O3S/c1-30-9-14(17(29-30)18(22)23)19(31)27-12-4-7-16-15(8-12)28-20(32-16)34-10-11-2-5-13(6-3-11)33-21(24,25)26/h2-9,18H,10H2,1H3,(H,27,31). The fraction of sp³-hybridized carbons (Fsp3) is 0.190. The number of hydrogen-bond acceptors (Lipinski definition) is 6. The number of benzene rings is 2. The molecule has 4 aromatic rings. The largest absolute Gasteiger partial charge is 0.573 e. The highest BCUT2D eigenvalue weighted by atomic mass is 32.2. The molecule has 4 rings (SSSR count). The van der Waals surface area contributed by atoms with E-state index in [1.807, 2.05) is 0 Å². The number of aromatic nitrogens is 3. The maximum atomic E-state index is 13.1. The van der Waals surface area contributed by atoms with Crippen molar-refractivity contribution in [3.8, 4) is 5.75 Å². The maximum absolute atomic E-state index is 13.1. The van der Waals surface area contributed by atoms with Gasteiger partial charge in [0.2, 0.25) is 0 Å². The van der Waals surface area contributed by atoms with Gasteiger partial charge in [0.05, 0.1) is 5.56 Å². The molecule has 0 bridgehead atoms. The molecule has 1 N–H and O–H groups in total. The summed E-state index contributed by atoms with van der Waals surface area (Å²) in [5.74, 6) is -0.677. The van der Waals surface area contributed by atoms with Gasteiger partial charge in [0.25, 0.3) is 17.6 Å². The van der Waals surface area contributed by atoms with E-state index in [-0.39, 0.29) is 11.3 Å². The monoisotopic (exact) mass is 498 g/mol. The van der Waals surface area contributed by atoms with E-state index in [2.05, 4.69) is 20.1 Å². The van der Waals surface area contributed by atoms with Crippen molar-refractivity contribution in [1.82, 2.24) is 14.8 Å². The third-order valence-electron chi connectivity index (χ3n) is 4.45. The molecule has 0 radical (unpaired) electrons. The number of hydrogen-bond donors (Lipinski definition) is 1. The van der Waals surface area contributed by atoms with Gasteiger partial charge < -0.3 is 14.5 Å². The Hall–Kier alpha value is -3.61. The van der Waals surface area contributed by atoms with Crippen molar-refractivity contribution in [2.75, 3.05) is 5.32 Å². The minimum absolute atomic E-state index is 0.236. The van der Waals surface area contributed by atoms with E-state index in [0.717, 1.165) is 10.2 Å². The molecule has 13 heteroatoms. The average Bonchev–Trinajstić information content (AvgIpc) is 3.35. The Labute approximate surface area is 192 Å². The van der Waals surface area contributed by atoms with Crippen molar-refractivity contribution in [2.24, 2.45) is 7.05 Å². The molecule has 0 aliphatic heterocycles. The van der Waals surface area contributed by atoms with Crippen LogP contribution in [0.15, 0.2) is 58.3 Å². The lowest BCUT2D eigenvalue weighted by Crippen LogP contribution is -2.16. The number of nitrogens with zero attached hydrogens (tertiary/aromatic N) is 3. The maximum Gasteiger partial charge on any atom is 0.573 e. The van der Waals surface area contributed by atoms with Gasteiger partial charge >= 0.3 is 6.36 Å². The number of ether oxygens (including phenoxy) is 1. The number of nitrogens with one attached hydrogen (secondary N) is 1. The highest BCUT2D eigenvalue weighted by molar-refractivity contribution is 7.98. The van der Waals surface area contributed by atoms with Gasteiger partial charge in [-0.3, -0.25) is 9.48 Å². The summed E-state index contributed by atoms with van der Waals surface area (Å²) in [7, 11) is 1.44. The number of rotatable bonds is 7. The van der Waals surface area contributed by atoms with Crippen LogP contribution in [0.1, 0.15) is 28.0 Å². The summed E-state index contributed by atoms with van der Waals surface area (Å²) in [6.45, 7) is 0. The van der Waals surface area contributed by atoms with Crippen LogP contribution >= 0.6 is 11.8 Å². The lowest BCUT2D eigenvalue weighted by molar-refractivity contribution is -0.274. The summed E-state index contributed by atoms with van der Waals surface area (Å²) >= 11 is 1.22. The molecule has 2 aromatic carbocycles. The molecule has 34 heavy (non-hydrogen) atoms. The first-order chi connectivity index (χ1) is 16.1. The fourth-order valence-electron chi connectivity index (χ4n) is 3.02. The summed E-state index contributed by atoms with van der Waals surface area (Å²) in [5.41, 5.74) is 1.06. The zero-order chi connectivity index (χ0) is 24.5. The molecule has 1 amide bonds. The Kier molecular flexibility index (Phi) is 6.46. The van der Waals surface area contributed by atoms with Crippen LogP contribution < -0.4 is 10.1 Å². The molecule has 0 spiro atoms. The molecule has 2 aromatic heterocycles. The summed E-state index contributed by atoms with van der Waals surface area (Å²) < 4.78 is 73.5. The Morgan fingerprint density at radius 3 is 2.62 bits per heavy atom. The van der Waals surface area contributed by atoms with Crippen molar-refractivity contribution in [2.45, 2.75) is 23.8 Å². The van der Waals surface area contributed by atoms with Gasteiger partial charge in [-0.05, 0) is 35.9 Å². The van der Waals surface area contributed by atoms with Crippen LogP contribution in [0.2, 0.25) is 0 Å². The Morgan fingerprint density at radius 1 is 1.21 bits per heavy atom. The summed E-state index contributed by atoms with van der Waals surface area (Å²) in [6.07, 6.45) is -6.44. The van der Waals surface area contributed by atoms with Gasteiger partial charge in [0.15, 0.2) is 5.58 Å². The molecule has 7 nitrogen and oxygen atoms in total. The van der Waals surface area contributed by atoms with E-state index in [1.165, 1.54) is 61.4 Å². The molecule has 0 aliphatic carbocycles. The summed E-state index contributed by atoms with van der Waals surface area (Å²) in [6, 6.07) is 10.1. The first-order valence-corrected chi connectivity index (χ1v) is 10.6. The van der Waals surface area contributed by atoms with Crippen molar-refractivity contribution < 1.29 is 35.9 Å². The number of fused-ring (bicyclic) bond motifs is 1. The first kappa shape index (κ1) is 23.5. The van der Waals surface area contributed by atoms with E-state index >= 15 is 0 Å². The number of amides is 1.